The summed E-state index contributed by atoms with van der Waals surface area (Å²) in [4.78, 5) is 19.3. The van der Waals surface area contributed by atoms with Crippen molar-refractivity contribution in [3.63, 3.8) is 0 Å². The molecule has 0 aliphatic carbocycles. The largest absolute Gasteiger partial charge is 0.480 e. The number of aromatic nitrogens is 2. The molecule has 11 heteroatoms. The zero-order chi connectivity index (χ0) is 25.5. The van der Waals surface area contributed by atoms with E-state index in [1.165, 1.54) is 36.7 Å². The van der Waals surface area contributed by atoms with Crippen molar-refractivity contribution in [1.29, 1.82) is 0 Å². The zero-order valence-corrected chi connectivity index (χ0v) is 21.0. The number of rotatable bonds is 10. The Balaban J connectivity index is 0.00000380. The summed E-state index contributed by atoms with van der Waals surface area (Å²) in [7, 11) is -3.92. The first-order chi connectivity index (χ1) is 17.3. The second-order valence-corrected chi connectivity index (χ2v) is 9.68. The average molecular weight is 543 g/mol. The number of nitrogens with one attached hydrogen (secondary N) is 2. The molecule has 0 saturated carbocycles. The van der Waals surface area contributed by atoms with Gasteiger partial charge in [-0.1, -0.05) is 42.5 Å². The highest BCUT2D eigenvalue weighted by Crippen LogP contribution is 2.24. The third kappa shape index (κ3) is 7.56. The molecule has 0 radical (unpaired) electrons. The van der Waals surface area contributed by atoms with Crippen LogP contribution in [0.1, 0.15) is 17.3 Å². The molecule has 4 aromatic rings. The normalized spacial score (nSPS) is 11.8. The molecule has 2 heterocycles. The molecule has 8 nitrogen and oxygen atoms in total. The van der Waals surface area contributed by atoms with Gasteiger partial charge in [0.2, 0.25) is 10.0 Å². The van der Waals surface area contributed by atoms with E-state index in [1.807, 2.05) is 24.3 Å². The Labute approximate surface area is 220 Å². The minimum absolute atomic E-state index is 0. The third-order valence-corrected chi connectivity index (χ3v) is 6.82. The maximum atomic E-state index is 13.2. The Morgan fingerprint density at radius 2 is 1.62 bits per heavy atom. The predicted molar refractivity (Wildman–Crippen MR) is 140 cm³/mol. The van der Waals surface area contributed by atoms with Crippen molar-refractivity contribution in [2.24, 2.45) is 0 Å². The lowest BCUT2D eigenvalue weighted by atomic mass is 9.99. The van der Waals surface area contributed by atoms with Crippen LogP contribution in [-0.4, -0.2) is 36.0 Å². The minimum atomic E-state index is -3.92. The van der Waals surface area contributed by atoms with Crippen molar-refractivity contribution in [1.82, 2.24) is 14.7 Å². The monoisotopic (exact) mass is 542 g/mol. The van der Waals surface area contributed by atoms with Gasteiger partial charge in [0.05, 0.1) is 11.7 Å². The number of nitrogens with zero attached hydrogens (tertiary/aromatic N) is 2. The molecular weight excluding hydrogens is 519 g/mol. The number of carboxylic acid groups (broad SMARTS) is 1. The summed E-state index contributed by atoms with van der Waals surface area (Å²) >= 11 is 0. The van der Waals surface area contributed by atoms with Gasteiger partial charge in [-0.25, -0.2) is 22.5 Å². The fraction of sp³-hybridized carbons (Fsp3) is 0.115. The summed E-state index contributed by atoms with van der Waals surface area (Å²) in [6.45, 7) is -0.326. The minimum Gasteiger partial charge on any atom is -0.480 e. The van der Waals surface area contributed by atoms with Crippen LogP contribution in [0.4, 0.5) is 10.2 Å². The fourth-order valence-electron chi connectivity index (χ4n) is 3.59. The van der Waals surface area contributed by atoms with Crippen molar-refractivity contribution in [2.75, 3.05) is 11.9 Å². The first kappa shape index (κ1) is 27.7. The Morgan fingerprint density at radius 3 is 2.24 bits per heavy atom. The summed E-state index contributed by atoms with van der Waals surface area (Å²) in [6.07, 6.45) is 3.02. The fourth-order valence-corrected chi connectivity index (χ4v) is 4.76. The van der Waals surface area contributed by atoms with Crippen LogP contribution in [-0.2, 0) is 21.2 Å². The highest BCUT2D eigenvalue weighted by molar-refractivity contribution is 7.89. The number of pyridine rings is 2. The SMILES string of the molecule is Cl.O=C(O)CNc1cccc(C(Cc2ccc(-c3ccc(F)cc3)cc2)NS(=O)(=O)c2cccnc2)n1. The molecule has 0 bridgehead atoms. The van der Waals surface area contributed by atoms with Gasteiger partial charge >= 0.3 is 5.97 Å². The number of benzene rings is 2. The number of sulfonamides is 1. The van der Waals surface area contributed by atoms with E-state index in [4.69, 9.17) is 5.11 Å². The van der Waals surface area contributed by atoms with Crippen LogP contribution in [0.5, 0.6) is 0 Å². The number of halogens is 2. The van der Waals surface area contributed by atoms with Crippen LogP contribution >= 0.6 is 12.4 Å². The molecule has 3 N–H and O–H groups in total. The Hall–Kier alpha value is -3.86. The van der Waals surface area contributed by atoms with E-state index >= 15 is 0 Å². The Kier molecular flexibility index (Phi) is 9.29. The molecule has 0 amide bonds. The van der Waals surface area contributed by atoms with Gasteiger partial charge in [0, 0.05) is 12.4 Å². The van der Waals surface area contributed by atoms with Crippen molar-refractivity contribution in [3.8, 4) is 11.1 Å². The van der Waals surface area contributed by atoms with Gasteiger partial charge in [-0.2, -0.15) is 0 Å². The van der Waals surface area contributed by atoms with E-state index in [-0.39, 0.29) is 36.1 Å². The highest BCUT2D eigenvalue weighted by atomic mass is 35.5. The Bertz CT molecular complexity index is 1440. The van der Waals surface area contributed by atoms with Gasteiger partial charge in [0.25, 0.3) is 0 Å². The summed E-state index contributed by atoms with van der Waals surface area (Å²) < 4.78 is 42.1. The number of hydrogen-bond acceptors (Lipinski definition) is 6. The lowest BCUT2D eigenvalue weighted by molar-refractivity contribution is -0.134. The van der Waals surface area contributed by atoms with Crippen molar-refractivity contribution in [3.05, 3.63) is 108 Å². The van der Waals surface area contributed by atoms with Crippen LogP contribution < -0.4 is 10.0 Å². The molecule has 0 saturated heterocycles. The van der Waals surface area contributed by atoms with E-state index in [2.05, 4.69) is 20.0 Å². The molecule has 0 spiro atoms. The molecule has 1 atom stereocenters. The van der Waals surface area contributed by atoms with E-state index in [1.54, 1.807) is 30.3 Å². The van der Waals surface area contributed by atoms with Crippen LogP contribution in [0.2, 0.25) is 0 Å². The smallest absolute Gasteiger partial charge is 0.322 e. The van der Waals surface area contributed by atoms with Gasteiger partial charge in [0.15, 0.2) is 0 Å². The van der Waals surface area contributed by atoms with Crippen LogP contribution in [0.3, 0.4) is 0 Å². The number of aliphatic carboxylic acids is 1. The van der Waals surface area contributed by atoms with Crippen LogP contribution in [0.25, 0.3) is 11.1 Å². The summed E-state index contributed by atoms with van der Waals surface area (Å²) in [5, 5.41) is 11.6. The standard InChI is InChI=1S/C26H23FN4O4S.ClH/c27-21-12-10-20(11-13-21)19-8-6-18(7-9-19)15-24(31-36(34,35)22-3-2-14-28-16-22)23-4-1-5-25(30-23)29-17-26(32)33;/h1-14,16,24,31H,15,17H2,(H,29,30)(H,32,33);1H. The maximum Gasteiger partial charge on any atom is 0.322 e. The number of hydrogen-bond donors (Lipinski definition) is 3. The van der Waals surface area contributed by atoms with Gasteiger partial charge in [-0.05, 0) is 59.5 Å². The van der Waals surface area contributed by atoms with E-state index < -0.39 is 22.0 Å². The average Bonchev–Trinajstić information content (AvgIpc) is 2.89. The van der Waals surface area contributed by atoms with Crippen LogP contribution in [0.15, 0.2) is 96.2 Å². The molecule has 37 heavy (non-hydrogen) atoms. The molecule has 192 valence electrons. The summed E-state index contributed by atoms with van der Waals surface area (Å²) in [5.41, 5.74) is 3.01. The second kappa shape index (κ2) is 12.4. The zero-order valence-electron chi connectivity index (χ0n) is 19.4. The van der Waals surface area contributed by atoms with E-state index in [0.29, 0.717) is 11.5 Å². The lowest BCUT2D eigenvalue weighted by Crippen LogP contribution is -2.31. The quantitative estimate of drug-likeness (QED) is 0.270. The number of carbonyl (C=O) groups is 1. The second-order valence-electron chi connectivity index (χ2n) is 7.97. The highest BCUT2D eigenvalue weighted by Gasteiger charge is 2.23. The first-order valence-corrected chi connectivity index (χ1v) is 12.5. The third-order valence-electron chi connectivity index (χ3n) is 5.36. The molecule has 2 aromatic carbocycles. The van der Waals surface area contributed by atoms with E-state index in [0.717, 1.165) is 16.7 Å². The molecule has 0 aliphatic rings. The Morgan fingerprint density at radius 1 is 0.946 bits per heavy atom. The van der Waals surface area contributed by atoms with Gasteiger partial charge in [-0.15, -0.1) is 12.4 Å². The van der Waals surface area contributed by atoms with E-state index in [9.17, 15) is 17.6 Å². The summed E-state index contributed by atoms with van der Waals surface area (Å²) in [6, 6.07) is 20.9. The molecule has 0 fully saturated rings. The topological polar surface area (TPSA) is 121 Å². The molecular formula is C26H24ClFN4O4S. The molecule has 1 unspecified atom stereocenters. The first-order valence-electron chi connectivity index (χ1n) is 11.0. The predicted octanol–water partition coefficient (Wildman–Crippen LogP) is 4.46. The van der Waals surface area contributed by atoms with Crippen LogP contribution in [0, 0.1) is 5.82 Å². The molecule has 0 aliphatic heterocycles. The number of anilines is 1. The molecule has 2 aromatic heterocycles. The van der Waals surface area contributed by atoms with Gasteiger partial charge in [-0.3, -0.25) is 9.78 Å². The van der Waals surface area contributed by atoms with Crippen molar-refractivity contribution >= 4 is 34.2 Å². The van der Waals surface area contributed by atoms with Crippen molar-refractivity contribution < 1.29 is 22.7 Å². The molecule has 4 rings (SSSR count). The lowest BCUT2D eigenvalue weighted by Gasteiger charge is -2.19. The maximum absolute atomic E-state index is 13.2. The van der Waals surface area contributed by atoms with Gasteiger partial charge < -0.3 is 10.4 Å². The van der Waals surface area contributed by atoms with Gasteiger partial charge in [0.1, 0.15) is 23.1 Å². The number of carboxylic acids is 1. The van der Waals surface area contributed by atoms with Crippen molar-refractivity contribution in [2.45, 2.75) is 17.4 Å². The summed E-state index contributed by atoms with van der Waals surface area (Å²) in [5.74, 6) is -1.05.